The highest BCUT2D eigenvalue weighted by Gasteiger charge is 2.48. The summed E-state index contributed by atoms with van der Waals surface area (Å²) in [5.41, 5.74) is 16.5. The van der Waals surface area contributed by atoms with Crippen molar-refractivity contribution in [2.24, 2.45) is 0 Å². The molecule has 0 fully saturated rings. The molecule has 12 rings (SSSR count). The van der Waals surface area contributed by atoms with Gasteiger partial charge >= 0.3 is 0 Å². The van der Waals surface area contributed by atoms with Gasteiger partial charge in [-0.15, -0.1) is 0 Å². The van der Waals surface area contributed by atoms with Crippen LogP contribution in [-0.2, 0) is 5.41 Å². The summed E-state index contributed by atoms with van der Waals surface area (Å²) in [7, 11) is 0. The van der Waals surface area contributed by atoms with Crippen molar-refractivity contribution in [3.8, 4) is 78.7 Å². The van der Waals surface area contributed by atoms with Crippen molar-refractivity contribution in [2.75, 3.05) is 0 Å². The predicted molar refractivity (Wildman–Crippen MR) is 267 cm³/mol. The van der Waals surface area contributed by atoms with E-state index in [-0.39, 0.29) is 0 Å². The second-order valence-corrected chi connectivity index (χ2v) is 16.7. The van der Waals surface area contributed by atoms with Crippen LogP contribution in [0.3, 0.4) is 0 Å². The van der Waals surface area contributed by atoms with E-state index in [2.05, 4.69) is 231 Å². The van der Waals surface area contributed by atoms with Gasteiger partial charge in [-0.25, -0.2) is 15.0 Å². The second kappa shape index (κ2) is 16.0. The first-order chi connectivity index (χ1) is 32.2. The molecule has 304 valence electrons. The SMILES string of the molecule is c1ccc(-c2cc(-c3ccccc3)cc(-c3nc(-c4ccccc4)nc(-c4cccc(-c5cc6ccccc6c6c5-c5ccccc5C6(c5ccccc5)c5ccccc5)c4)n3)c2)cc1. The number of rotatable bonds is 8. The molecule has 65 heavy (non-hydrogen) atoms. The third-order valence-corrected chi connectivity index (χ3v) is 12.9. The Morgan fingerprint density at radius 2 is 0.708 bits per heavy atom. The van der Waals surface area contributed by atoms with Gasteiger partial charge in [0.05, 0.1) is 5.41 Å². The lowest BCUT2D eigenvalue weighted by Crippen LogP contribution is -2.28. The van der Waals surface area contributed by atoms with Gasteiger partial charge < -0.3 is 0 Å². The van der Waals surface area contributed by atoms with Crippen LogP contribution in [-0.4, -0.2) is 15.0 Å². The first-order valence-electron chi connectivity index (χ1n) is 22.2. The van der Waals surface area contributed by atoms with E-state index in [1.165, 1.54) is 49.7 Å². The molecular weight excluding hydrogens is 787 g/mol. The number of aromatic nitrogens is 3. The van der Waals surface area contributed by atoms with Crippen LogP contribution in [0.2, 0.25) is 0 Å². The minimum absolute atomic E-state index is 0.553. The van der Waals surface area contributed by atoms with Crippen LogP contribution in [0, 0.1) is 0 Å². The van der Waals surface area contributed by atoms with E-state index in [0.29, 0.717) is 17.5 Å². The van der Waals surface area contributed by atoms with Gasteiger partial charge in [0.1, 0.15) is 0 Å². The third kappa shape index (κ3) is 6.56. The predicted octanol–water partition coefficient (Wildman–Crippen LogP) is 15.4. The molecule has 1 heterocycles. The van der Waals surface area contributed by atoms with Gasteiger partial charge in [0.25, 0.3) is 0 Å². The molecule has 0 unspecified atom stereocenters. The molecule has 3 heteroatoms. The largest absolute Gasteiger partial charge is 0.208 e. The highest BCUT2D eigenvalue weighted by atomic mass is 15.0. The quantitative estimate of drug-likeness (QED) is 0.153. The van der Waals surface area contributed by atoms with E-state index in [1.807, 2.05) is 18.2 Å². The van der Waals surface area contributed by atoms with E-state index in [9.17, 15) is 0 Å². The third-order valence-electron chi connectivity index (χ3n) is 12.9. The molecule has 1 aliphatic carbocycles. The maximum atomic E-state index is 5.34. The molecule has 0 radical (unpaired) electrons. The lowest BCUT2D eigenvalue weighted by Gasteiger charge is -2.35. The molecule has 1 aromatic heterocycles. The molecule has 0 amide bonds. The van der Waals surface area contributed by atoms with E-state index in [4.69, 9.17) is 15.0 Å². The molecule has 0 saturated carbocycles. The zero-order valence-electron chi connectivity index (χ0n) is 35.5. The summed E-state index contributed by atoms with van der Waals surface area (Å²) >= 11 is 0. The van der Waals surface area contributed by atoms with Gasteiger partial charge in [0.2, 0.25) is 0 Å². The molecule has 1 aliphatic rings. The molecule has 0 N–H and O–H groups in total. The van der Waals surface area contributed by atoms with Gasteiger partial charge in [-0.1, -0.05) is 218 Å². The van der Waals surface area contributed by atoms with Crippen LogP contribution in [0.15, 0.2) is 249 Å². The molecule has 0 atom stereocenters. The molecule has 0 saturated heterocycles. The molecule has 3 nitrogen and oxygen atoms in total. The van der Waals surface area contributed by atoms with Crippen molar-refractivity contribution >= 4 is 10.8 Å². The van der Waals surface area contributed by atoms with Crippen LogP contribution in [0.25, 0.3) is 89.4 Å². The standard InChI is InChI=1S/C62H41N3/c1-6-21-42(22-7-1)48-38-49(43-23-8-2-9-24-43)40-50(39-48)61-64-59(44-25-10-3-11-26-44)63-60(65-61)47-29-20-28-45(37-47)55-41-46-27-16-17-34-53(46)58-57(55)54-35-18-19-36-56(54)62(58,51-30-12-4-13-31-51)52-32-14-5-15-33-52/h1-41H. The summed E-state index contributed by atoms with van der Waals surface area (Å²) in [5, 5.41) is 2.44. The Bertz CT molecular complexity index is 3420. The fourth-order valence-electron chi connectivity index (χ4n) is 10.1. The number of benzene rings is 10. The zero-order valence-corrected chi connectivity index (χ0v) is 35.5. The van der Waals surface area contributed by atoms with Gasteiger partial charge in [-0.2, -0.15) is 0 Å². The fraction of sp³-hybridized carbons (Fsp3) is 0.0161. The van der Waals surface area contributed by atoms with Crippen molar-refractivity contribution in [2.45, 2.75) is 5.41 Å². The van der Waals surface area contributed by atoms with E-state index < -0.39 is 5.41 Å². The van der Waals surface area contributed by atoms with Gasteiger partial charge in [0.15, 0.2) is 17.5 Å². The number of nitrogens with zero attached hydrogens (tertiary/aromatic N) is 3. The van der Waals surface area contributed by atoms with Crippen LogP contribution < -0.4 is 0 Å². The van der Waals surface area contributed by atoms with Crippen molar-refractivity contribution in [3.63, 3.8) is 0 Å². The normalized spacial score (nSPS) is 12.4. The molecule has 0 spiro atoms. The summed E-state index contributed by atoms with van der Waals surface area (Å²) in [6.07, 6.45) is 0. The number of hydrogen-bond donors (Lipinski definition) is 0. The van der Waals surface area contributed by atoms with Crippen molar-refractivity contribution in [1.82, 2.24) is 15.0 Å². The van der Waals surface area contributed by atoms with Gasteiger partial charge in [0, 0.05) is 16.7 Å². The lowest BCUT2D eigenvalue weighted by atomic mass is 9.66. The summed E-state index contributed by atoms with van der Waals surface area (Å²) in [5.74, 6) is 1.85. The number of hydrogen-bond acceptors (Lipinski definition) is 3. The molecular formula is C62H41N3. The average Bonchev–Trinajstić information content (AvgIpc) is 3.72. The van der Waals surface area contributed by atoms with Crippen LogP contribution in [0.5, 0.6) is 0 Å². The Balaban J connectivity index is 1.09. The summed E-state index contributed by atoms with van der Waals surface area (Å²) in [6, 6.07) is 89.0. The highest BCUT2D eigenvalue weighted by molar-refractivity contribution is 6.07. The monoisotopic (exact) mass is 827 g/mol. The second-order valence-electron chi connectivity index (χ2n) is 16.7. The van der Waals surface area contributed by atoms with Crippen LogP contribution in [0.1, 0.15) is 22.3 Å². The Kier molecular flexibility index (Phi) is 9.39. The average molecular weight is 828 g/mol. The van der Waals surface area contributed by atoms with E-state index in [0.717, 1.165) is 44.5 Å². The minimum Gasteiger partial charge on any atom is -0.208 e. The first kappa shape index (κ1) is 38.2. The van der Waals surface area contributed by atoms with E-state index in [1.54, 1.807) is 0 Å². The molecule has 10 aromatic carbocycles. The van der Waals surface area contributed by atoms with Crippen LogP contribution >= 0.6 is 0 Å². The topological polar surface area (TPSA) is 38.7 Å². The number of fused-ring (bicyclic) bond motifs is 5. The van der Waals surface area contributed by atoms with Gasteiger partial charge in [-0.05, 0) is 108 Å². The Morgan fingerprint density at radius 3 is 1.32 bits per heavy atom. The highest BCUT2D eigenvalue weighted by Crippen LogP contribution is 2.60. The molecule has 0 bridgehead atoms. The first-order valence-corrected chi connectivity index (χ1v) is 22.2. The molecule has 11 aromatic rings. The summed E-state index contributed by atoms with van der Waals surface area (Å²) in [4.78, 5) is 15.8. The van der Waals surface area contributed by atoms with Gasteiger partial charge in [-0.3, -0.25) is 0 Å². The smallest absolute Gasteiger partial charge is 0.164 e. The summed E-state index contributed by atoms with van der Waals surface area (Å²) < 4.78 is 0. The van der Waals surface area contributed by atoms with Crippen molar-refractivity contribution < 1.29 is 0 Å². The van der Waals surface area contributed by atoms with E-state index >= 15 is 0 Å². The lowest BCUT2D eigenvalue weighted by molar-refractivity contribution is 0.775. The molecule has 0 aliphatic heterocycles. The Morgan fingerprint density at radius 1 is 0.277 bits per heavy atom. The maximum absolute atomic E-state index is 5.34. The zero-order chi connectivity index (χ0) is 43.2. The Labute approximate surface area is 379 Å². The Hall–Kier alpha value is -8.53. The fourth-order valence-corrected chi connectivity index (χ4v) is 10.1. The van der Waals surface area contributed by atoms with Crippen molar-refractivity contribution in [3.05, 3.63) is 271 Å². The van der Waals surface area contributed by atoms with Crippen LogP contribution in [0.4, 0.5) is 0 Å². The minimum atomic E-state index is -0.553. The van der Waals surface area contributed by atoms with Crippen molar-refractivity contribution in [1.29, 1.82) is 0 Å². The maximum Gasteiger partial charge on any atom is 0.164 e. The summed E-state index contributed by atoms with van der Waals surface area (Å²) in [6.45, 7) is 0.